The summed E-state index contributed by atoms with van der Waals surface area (Å²) in [6.45, 7) is 3.83. The first kappa shape index (κ1) is 12.0. The smallest absolute Gasteiger partial charge is 0.234 e. The number of pyridine rings is 1. The van der Waals surface area contributed by atoms with E-state index in [4.69, 9.17) is 5.73 Å². The van der Waals surface area contributed by atoms with Gasteiger partial charge in [0.15, 0.2) is 0 Å². The fourth-order valence-electron chi connectivity index (χ4n) is 2.24. The third kappa shape index (κ3) is 2.81. The van der Waals surface area contributed by atoms with E-state index in [-0.39, 0.29) is 18.0 Å². The van der Waals surface area contributed by atoms with Gasteiger partial charge in [0.1, 0.15) is 0 Å². The standard InChI is InChI=1S/C12H18N4O/c1-9(13)12(10-4-2-3-5-14-10)16-7-6-15-11(17)8-16/h2-5,9,12H,6-8,13H2,1H3,(H,15,17). The van der Waals surface area contributed by atoms with Crippen LogP contribution in [0.1, 0.15) is 18.7 Å². The number of rotatable bonds is 3. The summed E-state index contributed by atoms with van der Waals surface area (Å²) in [4.78, 5) is 17.9. The lowest BCUT2D eigenvalue weighted by atomic mass is 10.0. The largest absolute Gasteiger partial charge is 0.354 e. The van der Waals surface area contributed by atoms with Gasteiger partial charge in [-0.2, -0.15) is 0 Å². The minimum atomic E-state index is -0.0594. The predicted molar refractivity (Wildman–Crippen MR) is 65.2 cm³/mol. The maximum absolute atomic E-state index is 11.4. The van der Waals surface area contributed by atoms with Crippen molar-refractivity contribution in [2.24, 2.45) is 5.73 Å². The predicted octanol–water partition coefficient (Wildman–Crippen LogP) is -0.0983. The van der Waals surface area contributed by atoms with E-state index in [1.807, 2.05) is 25.1 Å². The second-order valence-electron chi connectivity index (χ2n) is 4.38. The van der Waals surface area contributed by atoms with Crippen LogP contribution in [0.25, 0.3) is 0 Å². The maximum Gasteiger partial charge on any atom is 0.234 e. The van der Waals surface area contributed by atoms with Crippen molar-refractivity contribution in [2.75, 3.05) is 19.6 Å². The van der Waals surface area contributed by atoms with Crippen molar-refractivity contribution in [3.8, 4) is 0 Å². The van der Waals surface area contributed by atoms with Crippen molar-refractivity contribution >= 4 is 5.91 Å². The molecule has 0 aromatic carbocycles. The van der Waals surface area contributed by atoms with Gasteiger partial charge in [0.05, 0.1) is 18.3 Å². The van der Waals surface area contributed by atoms with Gasteiger partial charge < -0.3 is 11.1 Å². The van der Waals surface area contributed by atoms with Gasteiger partial charge >= 0.3 is 0 Å². The Morgan fingerprint density at radius 1 is 1.53 bits per heavy atom. The number of aromatic nitrogens is 1. The van der Waals surface area contributed by atoms with Gasteiger partial charge in [-0.3, -0.25) is 14.7 Å². The van der Waals surface area contributed by atoms with E-state index >= 15 is 0 Å². The van der Waals surface area contributed by atoms with Crippen molar-refractivity contribution in [3.63, 3.8) is 0 Å². The second kappa shape index (κ2) is 5.25. The molecule has 5 heteroatoms. The quantitative estimate of drug-likeness (QED) is 0.766. The van der Waals surface area contributed by atoms with E-state index in [9.17, 15) is 4.79 Å². The molecule has 2 unspecified atom stereocenters. The van der Waals surface area contributed by atoms with E-state index in [1.54, 1.807) is 6.20 Å². The van der Waals surface area contributed by atoms with Gasteiger partial charge in [-0.25, -0.2) is 0 Å². The van der Waals surface area contributed by atoms with Gasteiger partial charge in [0.25, 0.3) is 0 Å². The molecular formula is C12H18N4O. The van der Waals surface area contributed by atoms with Gasteiger partial charge in [-0.05, 0) is 19.1 Å². The minimum Gasteiger partial charge on any atom is -0.354 e. The number of carbonyl (C=O) groups excluding carboxylic acids is 1. The number of nitrogens with one attached hydrogen (secondary N) is 1. The first-order valence-corrected chi connectivity index (χ1v) is 5.86. The molecule has 1 aliphatic rings. The summed E-state index contributed by atoms with van der Waals surface area (Å²) in [6, 6.07) is 5.73. The number of nitrogens with two attached hydrogens (primary N) is 1. The van der Waals surface area contributed by atoms with Crippen molar-refractivity contribution in [2.45, 2.75) is 19.0 Å². The van der Waals surface area contributed by atoms with E-state index in [0.717, 1.165) is 12.2 Å². The van der Waals surface area contributed by atoms with E-state index in [0.29, 0.717) is 13.1 Å². The highest BCUT2D eigenvalue weighted by molar-refractivity contribution is 5.78. The summed E-state index contributed by atoms with van der Waals surface area (Å²) < 4.78 is 0. The topological polar surface area (TPSA) is 71.2 Å². The summed E-state index contributed by atoms with van der Waals surface area (Å²) in [7, 11) is 0. The van der Waals surface area contributed by atoms with Gasteiger partial charge in [-0.15, -0.1) is 0 Å². The highest BCUT2D eigenvalue weighted by Crippen LogP contribution is 2.21. The zero-order valence-electron chi connectivity index (χ0n) is 9.97. The molecular weight excluding hydrogens is 216 g/mol. The lowest BCUT2D eigenvalue weighted by Crippen LogP contribution is -2.52. The molecule has 0 spiro atoms. The Morgan fingerprint density at radius 3 is 2.94 bits per heavy atom. The number of carbonyl (C=O) groups is 1. The molecule has 2 rings (SSSR count). The Kier molecular flexibility index (Phi) is 3.71. The van der Waals surface area contributed by atoms with Crippen LogP contribution >= 0.6 is 0 Å². The van der Waals surface area contributed by atoms with Crippen LogP contribution in [0.5, 0.6) is 0 Å². The summed E-state index contributed by atoms with van der Waals surface area (Å²) in [6.07, 6.45) is 1.76. The van der Waals surface area contributed by atoms with Gasteiger partial charge in [0, 0.05) is 25.3 Å². The van der Waals surface area contributed by atoms with Crippen molar-refractivity contribution in [1.29, 1.82) is 0 Å². The normalized spacial score (nSPS) is 20.7. The number of hydrogen-bond acceptors (Lipinski definition) is 4. The molecule has 0 aliphatic carbocycles. The Labute approximate surface area is 101 Å². The monoisotopic (exact) mass is 234 g/mol. The van der Waals surface area contributed by atoms with Crippen LogP contribution in [-0.2, 0) is 4.79 Å². The summed E-state index contributed by atoms with van der Waals surface area (Å²) >= 11 is 0. The molecule has 92 valence electrons. The fourth-order valence-corrected chi connectivity index (χ4v) is 2.24. The molecule has 0 radical (unpaired) electrons. The Hall–Kier alpha value is -1.46. The van der Waals surface area contributed by atoms with Crippen molar-refractivity contribution in [1.82, 2.24) is 15.2 Å². The third-order valence-electron chi connectivity index (χ3n) is 2.95. The molecule has 0 saturated carbocycles. The highest BCUT2D eigenvalue weighted by atomic mass is 16.2. The molecule has 2 heterocycles. The lowest BCUT2D eigenvalue weighted by molar-refractivity contribution is -0.125. The van der Waals surface area contributed by atoms with Crippen LogP contribution in [-0.4, -0.2) is 41.5 Å². The van der Waals surface area contributed by atoms with Crippen molar-refractivity contribution < 1.29 is 4.79 Å². The van der Waals surface area contributed by atoms with Gasteiger partial charge in [-0.1, -0.05) is 6.07 Å². The zero-order valence-corrected chi connectivity index (χ0v) is 9.97. The zero-order chi connectivity index (χ0) is 12.3. The molecule has 1 aliphatic heterocycles. The van der Waals surface area contributed by atoms with E-state index in [2.05, 4.69) is 15.2 Å². The maximum atomic E-state index is 11.4. The number of amides is 1. The fraction of sp³-hybridized carbons (Fsp3) is 0.500. The Bertz CT molecular complexity index is 379. The summed E-state index contributed by atoms with van der Waals surface area (Å²) in [5, 5.41) is 2.82. The average Bonchev–Trinajstić information content (AvgIpc) is 2.30. The molecule has 1 amide bonds. The van der Waals surface area contributed by atoms with Crippen molar-refractivity contribution in [3.05, 3.63) is 30.1 Å². The first-order valence-electron chi connectivity index (χ1n) is 5.86. The Balaban J connectivity index is 2.20. The first-order chi connectivity index (χ1) is 8.18. The lowest BCUT2D eigenvalue weighted by Gasteiger charge is -2.35. The molecule has 1 aromatic heterocycles. The number of piperazine rings is 1. The van der Waals surface area contributed by atoms with Crippen LogP contribution in [0.3, 0.4) is 0 Å². The van der Waals surface area contributed by atoms with Crippen LogP contribution in [0.15, 0.2) is 24.4 Å². The second-order valence-corrected chi connectivity index (χ2v) is 4.38. The van der Waals surface area contributed by atoms with Crippen LogP contribution in [0.2, 0.25) is 0 Å². The number of nitrogens with zero attached hydrogens (tertiary/aromatic N) is 2. The molecule has 2 atom stereocenters. The van der Waals surface area contributed by atoms with E-state index in [1.165, 1.54) is 0 Å². The van der Waals surface area contributed by atoms with Crippen LogP contribution in [0.4, 0.5) is 0 Å². The molecule has 5 nitrogen and oxygen atoms in total. The summed E-state index contributed by atoms with van der Waals surface area (Å²) in [5.41, 5.74) is 6.96. The molecule has 1 aromatic rings. The van der Waals surface area contributed by atoms with E-state index < -0.39 is 0 Å². The van der Waals surface area contributed by atoms with Crippen LogP contribution in [0, 0.1) is 0 Å². The highest BCUT2D eigenvalue weighted by Gasteiger charge is 2.28. The SMILES string of the molecule is CC(N)C(c1ccccn1)N1CCNC(=O)C1. The molecule has 1 saturated heterocycles. The average molecular weight is 234 g/mol. The molecule has 0 bridgehead atoms. The van der Waals surface area contributed by atoms with Gasteiger partial charge in [0.2, 0.25) is 5.91 Å². The molecule has 1 fully saturated rings. The Morgan fingerprint density at radius 2 is 2.35 bits per heavy atom. The third-order valence-corrected chi connectivity index (χ3v) is 2.95. The number of hydrogen-bond donors (Lipinski definition) is 2. The summed E-state index contributed by atoms with van der Waals surface area (Å²) in [5.74, 6) is 0.0535. The van der Waals surface area contributed by atoms with Crippen LogP contribution < -0.4 is 11.1 Å². The minimum absolute atomic E-state index is 0.00208. The molecule has 17 heavy (non-hydrogen) atoms. The molecule has 3 N–H and O–H groups in total.